The van der Waals surface area contributed by atoms with Crippen LogP contribution in [0, 0.1) is 5.92 Å². The quantitative estimate of drug-likeness (QED) is 0.873. The molecule has 1 aromatic heterocycles. The molecule has 1 saturated heterocycles. The summed E-state index contributed by atoms with van der Waals surface area (Å²) in [4.78, 5) is 15.2. The molecule has 0 aromatic carbocycles. The van der Waals surface area contributed by atoms with Crippen LogP contribution in [0.1, 0.15) is 23.2 Å². The first-order valence-electron chi connectivity index (χ1n) is 5.87. The summed E-state index contributed by atoms with van der Waals surface area (Å²) in [6.07, 6.45) is 3.64. The third-order valence-electron chi connectivity index (χ3n) is 2.95. The SMILES string of the molecule is O=C(O)c1cc(Br)cnc1NCCC1CCOC1. The maximum Gasteiger partial charge on any atom is 0.339 e. The molecule has 0 bridgehead atoms. The van der Waals surface area contributed by atoms with Gasteiger partial charge in [-0.3, -0.25) is 0 Å². The summed E-state index contributed by atoms with van der Waals surface area (Å²) in [7, 11) is 0. The predicted molar refractivity (Wildman–Crippen MR) is 70.9 cm³/mol. The largest absolute Gasteiger partial charge is 0.478 e. The van der Waals surface area contributed by atoms with Gasteiger partial charge in [-0.2, -0.15) is 0 Å². The zero-order valence-corrected chi connectivity index (χ0v) is 11.4. The number of pyridine rings is 1. The van der Waals surface area contributed by atoms with Crippen LogP contribution >= 0.6 is 15.9 Å². The second-order valence-electron chi connectivity index (χ2n) is 4.30. The van der Waals surface area contributed by atoms with Crippen molar-refractivity contribution in [1.82, 2.24) is 4.98 Å². The van der Waals surface area contributed by atoms with Gasteiger partial charge in [0.25, 0.3) is 0 Å². The van der Waals surface area contributed by atoms with Crippen LogP contribution in [0.2, 0.25) is 0 Å². The topological polar surface area (TPSA) is 71.5 Å². The van der Waals surface area contributed by atoms with Gasteiger partial charge in [-0.1, -0.05) is 0 Å². The lowest BCUT2D eigenvalue weighted by molar-refractivity contribution is 0.0697. The van der Waals surface area contributed by atoms with E-state index in [1.165, 1.54) is 0 Å². The highest BCUT2D eigenvalue weighted by molar-refractivity contribution is 9.10. The molecular formula is C12H15BrN2O3. The summed E-state index contributed by atoms with van der Waals surface area (Å²) in [5.41, 5.74) is 0.187. The fourth-order valence-electron chi connectivity index (χ4n) is 1.95. The molecule has 6 heteroatoms. The molecule has 1 aliphatic rings. The monoisotopic (exact) mass is 314 g/mol. The Morgan fingerprint density at radius 3 is 3.17 bits per heavy atom. The molecule has 2 heterocycles. The number of aromatic carboxylic acids is 1. The van der Waals surface area contributed by atoms with Crippen molar-refractivity contribution in [3.8, 4) is 0 Å². The van der Waals surface area contributed by atoms with Crippen LogP contribution in [0.15, 0.2) is 16.7 Å². The molecule has 2 rings (SSSR count). The van der Waals surface area contributed by atoms with E-state index in [0.29, 0.717) is 22.8 Å². The van der Waals surface area contributed by atoms with Crippen LogP contribution in [0.25, 0.3) is 0 Å². The van der Waals surface area contributed by atoms with E-state index in [2.05, 4.69) is 26.2 Å². The molecule has 2 N–H and O–H groups in total. The number of ether oxygens (including phenoxy) is 1. The molecular weight excluding hydrogens is 300 g/mol. The van der Waals surface area contributed by atoms with E-state index in [-0.39, 0.29) is 5.56 Å². The molecule has 98 valence electrons. The van der Waals surface area contributed by atoms with Gasteiger partial charge in [-0.15, -0.1) is 0 Å². The van der Waals surface area contributed by atoms with Gasteiger partial charge in [-0.05, 0) is 40.8 Å². The van der Waals surface area contributed by atoms with E-state index < -0.39 is 5.97 Å². The lowest BCUT2D eigenvalue weighted by Crippen LogP contribution is -2.13. The van der Waals surface area contributed by atoms with Crippen molar-refractivity contribution in [2.45, 2.75) is 12.8 Å². The Bertz CT molecular complexity index is 433. The van der Waals surface area contributed by atoms with Gasteiger partial charge in [0.1, 0.15) is 11.4 Å². The normalized spacial score (nSPS) is 18.8. The third-order valence-corrected chi connectivity index (χ3v) is 3.39. The van der Waals surface area contributed by atoms with Crippen LogP contribution in [-0.2, 0) is 4.74 Å². The van der Waals surface area contributed by atoms with Crippen LogP contribution in [0.4, 0.5) is 5.82 Å². The van der Waals surface area contributed by atoms with Crippen LogP contribution in [0.3, 0.4) is 0 Å². The highest BCUT2D eigenvalue weighted by Gasteiger charge is 2.16. The lowest BCUT2D eigenvalue weighted by Gasteiger charge is -2.11. The summed E-state index contributed by atoms with van der Waals surface area (Å²) in [6.45, 7) is 2.35. The number of halogens is 1. The Labute approximate surface area is 114 Å². The molecule has 0 amide bonds. The summed E-state index contributed by atoms with van der Waals surface area (Å²) < 4.78 is 5.96. The smallest absolute Gasteiger partial charge is 0.339 e. The standard InChI is InChI=1S/C12H15BrN2O3/c13-9-5-10(12(16)17)11(15-6-9)14-3-1-8-2-4-18-7-8/h5-6,8H,1-4,7H2,(H,14,15)(H,16,17). The fourth-order valence-corrected chi connectivity index (χ4v) is 2.28. The van der Waals surface area contributed by atoms with E-state index in [1.807, 2.05) is 0 Å². The third kappa shape index (κ3) is 3.43. The number of carboxylic acid groups (broad SMARTS) is 1. The van der Waals surface area contributed by atoms with E-state index >= 15 is 0 Å². The van der Waals surface area contributed by atoms with Crippen LogP contribution in [-0.4, -0.2) is 35.8 Å². The minimum absolute atomic E-state index is 0.187. The highest BCUT2D eigenvalue weighted by Crippen LogP contribution is 2.20. The highest BCUT2D eigenvalue weighted by atomic mass is 79.9. The first kappa shape index (κ1) is 13.3. The molecule has 18 heavy (non-hydrogen) atoms. The number of carbonyl (C=O) groups is 1. The van der Waals surface area contributed by atoms with Gasteiger partial charge in [0.2, 0.25) is 0 Å². The first-order valence-corrected chi connectivity index (χ1v) is 6.66. The molecule has 0 saturated carbocycles. The zero-order chi connectivity index (χ0) is 13.0. The Morgan fingerprint density at radius 1 is 1.67 bits per heavy atom. The first-order chi connectivity index (χ1) is 8.66. The second-order valence-corrected chi connectivity index (χ2v) is 5.22. The Hall–Kier alpha value is -1.14. The molecule has 1 aliphatic heterocycles. The zero-order valence-electron chi connectivity index (χ0n) is 9.86. The second kappa shape index (κ2) is 6.15. The number of anilines is 1. The van der Waals surface area contributed by atoms with Crippen molar-refractivity contribution >= 4 is 27.7 Å². The minimum Gasteiger partial charge on any atom is -0.478 e. The van der Waals surface area contributed by atoms with Crippen LogP contribution in [0.5, 0.6) is 0 Å². The molecule has 0 spiro atoms. The number of carboxylic acids is 1. The van der Waals surface area contributed by atoms with Crippen molar-refractivity contribution in [1.29, 1.82) is 0 Å². The molecule has 1 unspecified atom stereocenters. The Kier molecular flexibility index (Phi) is 4.54. The lowest BCUT2D eigenvalue weighted by atomic mass is 10.1. The molecule has 1 fully saturated rings. The number of hydrogen-bond acceptors (Lipinski definition) is 4. The van der Waals surface area contributed by atoms with E-state index in [9.17, 15) is 4.79 Å². The van der Waals surface area contributed by atoms with Crippen LogP contribution < -0.4 is 5.32 Å². The Balaban J connectivity index is 1.93. The number of hydrogen-bond donors (Lipinski definition) is 2. The maximum atomic E-state index is 11.1. The van der Waals surface area contributed by atoms with E-state index in [1.54, 1.807) is 12.3 Å². The molecule has 0 radical (unpaired) electrons. The number of rotatable bonds is 5. The predicted octanol–water partition coefficient (Wildman–Crippen LogP) is 2.38. The van der Waals surface area contributed by atoms with Gasteiger partial charge in [0.15, 0.2) is 0 Å². The van der Waals surface area contributed by atoms with Crippen molar-refractivity contribution in [2.24, 2.45) is 5.92 Å². The summed E-state index contributed by atoms with van der Waals surface area (Å²) >= 11 is 3.22. The summed E-state index contributed by atoms with van der Waals surface area (Å²) in [6, 6.07) is 1.55. The van der Waals surface area contributed by atoms with Crippen molar-refractivity contribution in [3.63, 3.8) is 0 Å². The van der Waals surface area contributed by atoms with E-state index in [0.717, 1.165) is 26.1 Å². The van der Waals surface area contributed by atoms with Crippen molar-refractivity contribution in [3.05, 3.63) is 22.3 Å². The fraction of sp³-hybridized carbons (Fsp3) is 0.500. The van der Waals surface area contributed by atoms with Gasteiger partial charge in [0, 0.05) is 30.4 Å². The van der Waals surface area contributed by atoms with Gasteiger partial charge < -0.3 is 15.2 Å². The average Bonchev–Trinajstić information content (AvgIpc) is 2.84. The number of aromatic nitrogens is 1. The summed E-state index contributed by atoms with van der Waals surface area (Å²) in [5.74, 6) is 0.0151. The maximum absolute atomic E-state index is 11.1. The Morgan fingerprint density at radius 2 is 2.50 bits per heavy atom. The molecule has 0 aliphatic carbocycles. The average molecular weight is 315 g/mol. The summed E-state index contributed by atoms with van der Waals surface area (Å²) in [5, 5.41) is 12.2. The minimum atomic E-state index is -0.976. The number of nitrogens with one attached hydrogen (secondary N) is 1. The molecule has 5 nitrogen and oxygen atoms in total. The molecule has 1 aromatic rings. The van der Waals surface area contributed by atoms with Gasteiger partial charge in [-0.25, -0.2) is 9.78 Å². The number of nitrogens with zero attached hydrogens (tertiary/aromatic N) is 1. The van der Waals surface area contributed by atoms with Crippen molar-refractivity contribution in [2.75, 3.05) is 25.1 Å². The van der Waals surface area contributed by atoms with Crippen molar-refractivity contribution < 1.29 is 14.6 Å². The molecule has 1 atom stereocenters. The van der Waals surface area contributed by atoms with Gasteiger partial charge >= 0.3 is 5.97 Å². The van der Waals surface area contributed by atoms with E-state index in [4.69, 9.17) is 9.84 Å². The van der Waals surface area contributed by atoms with Gasteiger partial charge in [0.05, 0.1) is 0 Å².